The summed E-state index contributed by atoms with van der Waals surface area (Å²) < 4.78 is 0. The third kappa shape index (κ3) is 4.23. The second-order valence-corrected chi connectivity index (χ2v) is 7.72. The van der Waals surface area contributed by atoms with Gasteiger partial charge in [0.1, 0.15) is 5.54 Å². The molecule has 136 valence electrons. The van der Waals surface area contributed by atoms with Crippen LogP contribution in [0.3, 0.4) is 0 Å². The van der Waals surface area contributed by atoms with Gasteiger partial charge in [-0.05, 0) is 38.2 Å². The van der Waals surface area contributed by atoms with E-state index in [0.29, 0.717) is 19.4 Å². The maximum Gasteiger partial charge on any atom is 0.245 e. The van der Waals surface area contributed by atoms with Crippen molar-refractivity contribution in [1.29, 1.82) is 0 Å². The van der Waals surface area contributed by atoms with Crippen LogP contribution in [0.25, 0.3) is 0 Å². The van der Waals surface area contributed by atoms with E-state index in [4.69, 9.17) is 0 Å². The van der Waals surface area contributed by atoms with Gasteiger partial charge >= 0.3 is 0 Å². The highest BCUT2D eigenvalue weighted by atomic mass is 16.2. The normalized spacial score (nSPS) is 25.0. The summed E-state index contributed by atoms with van der Waals surface area (Å²) in [5.41, 5.74) is 0.506. The smallest absolute Gasteiger partial charge is 0.245 e. The molecule has 1 aromatic rings. The summed E-state index contributed by atoms with van der Waals surface area (Å²) in [4.78, 5) is 27.2. The van der Waals surface area contributed by atoms with Crippen LogP contribution in [-0.2, 0) is 16.0 Å². The van der Waals surface area contributed by atoms with E-state index in [-0.39, 0.29) is 17.9 Å². The molecule has 1 N–H and O–H groups in total. The van der Waals surface area contributed by atoms with Gasteiger partial charge in [-0.15, -0.1) is 0 Å². The lowest BCUT2D eigenvalue weighted by Crippen LogP contribution is -2.56. The Bertz CT molecular complexity index is 593. The van der Waals surface area contributed by atoms with Crippen molar-refractivity contribution in [1.82, 2.24) is 10.2 Å². The summed E-state index contributed by atoms with van der Waals surface area (Å²) in [7, 11) is 0. The Morgan fingerprint density at radius 3 is 2.52 bits per heavy atom. The summed E-state index contributed by atoms with van der Waals surface area (Å²) >= 11 is 0. The first-order valence-electron chi connectivity index (χ1n) is 9.75. The summed E-state index contributed by atoms with van der Waals surface area (Å²) in [5.74, 6) is 0.146. The molecule has 1 saturated carbocycles. The molecule has 0 radical (unpaired) electrons. The number of hydrogen-bond donors (Lipinski definition) is 1. The predicted molar refractivity (Wildman–Crippen MR) is 99.1 cm³/mol. The molecule has 25 heavy (non-hydrogen) atoms. The topological polar surface area (TPSA) is 49.4 Å². The molecule has 2 amide bonds. The van der Waals surface area contributed by atoms with Crippen molar-refractivity contribution in [2.24, 2.45) is 0 Å². The minimum absolute atomic E-state index is 0.0401. The van der Waals surface area contributed by atoms with Gasteiger partial charge in [-0.1, -0.05) is 56.0 Å². The number of benzene rings is 1. The molecule has 1 saturated heterocycles. The van der Waals surface area contributed by atoms with Crippen molar-refractivity contribution in [2.45, 2.75) is 76.3 Å². The molecular weight excluding hydrogens is 312 g/mol. The molecule has 1 aromatic carbocycles. The van der Waals surface area contributed by atoms with Crippen molar-refractivity contribution in [3.63, 3.8) is 0 Å². The molecule has 1 aliphatic heterocycles. The van der Waals surface area contributed by atoms with Crippen LogP contribution < -0.4 is 5.32 Å². The Labute approximate surface area is 151 Å². The number of likely N-dealkylation sites (tertiary alicyclic amines) is 1. The second kappa shape index (κ2) is 8.03. The van der Waals surface area contributed by atoms with Gasteiger partial charge in [-0.25, -0.2) is 0 Å². The fraction of sp³-hybridized carbons (Fsp3) is 0.619. The number of hydrogen-bond acceptors (Lipinski definition) is 2. The lowest BCUT2D eigenvalue weighted by molar-refractivity contribution is -0.141. The summed E-state index contributed by atoms with van der Waals surface area (Å²) in [5, 5.41) is 3.26. The maximum absolute atomic E-state index is 13.0. The maximum atomic E-state index is 13.0. The summed E-state index contributed by atoms with van der Waals surface area (Å²) in [6.45, 7) is 2.55. The van der Waals surface area contributed by atoms with E-state index in [1.807, 2.05) is 30.0 Å². The molecule has 0 unspecified atom stereocenters. The Morgan fingerprint density at radius 2 is 1.84 bits per heavy atom. The fourth-order valence-corrected chi connectivity index (χ4v) is 4.15. The first-order valence-corrected chi connectivity index (χ1v) is 9.75. The van der Waals surface area contributed by atoms with Crippen molar-refractivity contribution in [2.75, 3.05) is 6.54 Å². The first-order chi connectivity index (χ1) is 12.1. The SMILES string of the molecule is C[C@]1(C(=O)NC2CCCCCC2)CCC(=O)N1CCc1ccccc1. The number of amides is 2. The first kappa shape index (κ1) is 18.0. The van der Waals surface area contributed by atoms with E-state index < -0.39 is 5.54 Å². The Morgan fingerprint density at radius 1 is 1.16 bits per heavy atom. The van der Waals surface area contributed by atoms with E-state index in [1.165, 1.54) is 31.2 Å². The summed E-state index contributed by atoms with van der Waals surface area (Å²) in [6, 6.07) is 10.4. The van der Waals surface area contributed by atoms with Gasteiger partial charge in [0.2, 0.25) is 11.8 Å². The van der Waals surface area contributed by atoms with Gasteiger partial charge in [0.25, 0.3) is 0 Å². The van der Waals surface area contributed by atoms with Crippen LogP contribution >= 0.6 is 0 Å². The predicted octanol–water partition coefficient (Wildman–Crippen LogP) is 3.45. The molecule has 0 bridgehead atoms. The molecule has 2 fully saturated rings. The molecule has 2 aliphatic rings. The lowest BCUT2D eigenvalue weighted by Gasteiger charge is -2.35. The van der Waals surface area contributed by atoms with E-state index in [0.717, 1.165) is 19.3 Å². The standard InChI is InChI=1S/C21H30N2O2/c1-21(20(25)22-18-11-7-2-3-8-12-18)15-13-19(24)23(21)16-14-17-9-5-4-6-10-17/h4-6,9-10,18H,2-3,7-8,11-16H2,1H3,(H,22,25)/t21-/m1/s1. The van der Waals surface area contributed by atoms with Gasteiger partial charge in [-0.2, -0.15) is 0 Å². The molecule has 0 spiro atoms. The van der Waals surface area contributed by atoms with Gasteiger partial charge < -0.3 is 10.2 Å². The van der Waals surface area contributed by atoms with Crippen molar-refractivity contribution >= 4 is 11.8 Å². The molecule has 3 rings (SSSR count). The molecule has 1 atom stereocenters. The molecule has 1 heterocycles. The van der Waals surface area contributed by atoms with Crippen LogP contribution in [0.15, 0.2) is 30.3 Å². The Balaban J connectivity index is 1.64. The van der Waals surface area contributed by atoms with Crippen molar-refractivity contribution in [3.05, 3.63) is 35.9 Å². The average Bonchev–Trinajstić information content (AvgIpc) is 2.80. The molecule has 4 nitrogen and oxygen atoms in total. The highest BCUT2D eigenvalue weighted by molar-refractivity contribution is 5.94. The lowest BCUT2D eigenvalue weighted by atomic mass is 9.96. The zero-order valence-corrected chi connectivity index (χ0v) is 15.3. The Kier molecular flexibility index (Phi) is 5.77. The number of rotatable bonds is 5. The summed E-state index contributed by atoms with van der Waals surface area (Å²) in [6.07, 6.45) is 8.95. The molecule has 0 aromatic heterocycles. The van der Waals surface area contributed by atoms with Crippen molar-refractivity contribution < 1.29 is 9.59 Å². The van der Waals surface area contributed by atoms with E-state index >= 15 is 0 Å². The van der Waals surface area contributed by atoms with Gasteiger partial charge in [-0.3, -0.25) is 9.59 Å². The van der Waals surface area contributed by atoms with Crippen LogP contribution in [0.5, 0.6) is 0 Å². The fourth-order valence-electron chi connectivity index (χ4n) is 4.15. The highest BCUT2D eigenvalue weighted by Crippen LogP contribution is 2.31. The van der Waals surface area contributed by atoms with E-state index in [9.17, 15) is 9.59 Å². The third-order valence-electron chi connectivity index (χ3n) is 5.87. The molecular formula is C21H30N2O2. The van der Waals surface area contributed by atoms with Crippen LogP contribution in [0.1, 0.15) is 63.9 Å². The highest BCUT2D eigenvalue weighted by Gasteiger charge is 2.47. The van der Waals surface area contributed by atoms with E-state index in [2.05, 4.69) is 17.4 Å². The van der Waals surface area contributed by atoms with Crippen LogP contribution in [0, 0.1) is 0 Å². The van der Waals surface area contributed by atoms with Gasteiger partial charge in [0, 0.05) is 19.0 Å². The van der Waals surface area contributed by atoms with Crippen molar-refractivity contribution in [3.8, 4) is 0 Å². The number of carbonyl (C=O) groups excluding carboxylic acids is 2. The quantitative estimate of drug-likeness (QED) is 0.833. The van der Waals surface area contributed by atoms with Crippen LogP contribution in [-0.4, -0.2) is 34.8 Å². The van der Waals surface area contributed by atoms with E-state index in [1.54, 1.807) is 0 Å². The number of carbonyl (C=O) groups is 2. The van der Waals surface area contributed by atoms with Gasteiger partial charge in [0.15, 0.2) is 0 Å². The van der Waals surface area contributed by atoms with Crippen LogP contribution in [0.2, 0.25) is 0 Å². The molecule has 4 heteroatoms. The zero-order valence-electron chi connectivity index (χ0n) is 15.3. The number of nitrogens with zero attached hydrogens (tertiary/aromatic N) is 1. The number of nitrogens with one attached hydrogen (secondary N) is 1. The second-order valence-electron chi connectivity index (χ2n) is 7.72. The monoisotopic (exact) mass is 342 g/mol. The minimum Gasteiger partial charge on any atom is -0.351 e. The Hall–Kier alpha value is -1.84. The average molecular weight is 342 g/mol. The third-order valence-corrected chi connectivity index (χ3v) is 5.87. The van der Waals surface area contributed by atoms with Crippen LogP contribution in [0.4, 0.5) is 0 Å². The molecule has 1 aliphatic carbocycles. The largest absolute Gasteiger partial charge is 0.351 e. The van der Waals surface area contributed by atoms with Gasteiger partial charge in [0.05, 0.1) is 0 Å². The zero-order chi connectivity index (χ0) is 17.7. The minimum atomic E-state index is -0.696.